The average molecular weight is 1280 g/mol. The lowest BCUT2D eigenvalue weighted by atomic mass is 9.98. The number of ether oxygens (including phenoxy) is 1. The van der Waals surface area contributed by atoms with Crippen LogP contribution in [0, 0.1) is 5.92 Å². The van der Waals surface area contributed by atoms with Gasteiger partial charge in [-0.2, -0.15) is 5.10 Å². The van der Waals surface area contributed by atoms with E-state index in [1.807, 2.05) is 24.3 Å². The molecule has 89 heavy (non-hydrogen) atoms. The van der Waals surface area contributed by atoms with Gasteiger partial charge in [0, 0.05) is 61.5 Å². The van der Waals surface area contributed by atoms with Gasteiger partial charge in [0.2, 0.25) is 46.3 Å². The molecule has 5 heterocycles. The van der Waals surface area contributed by atoms with Crippen LogP contribution in [-0.2, 0) is 49.4 Å². The van der Waals surface area contributed by atoms with Crippen LogP contribution < -0.4 is 41.2 Å². The lowest BCUT2D eigenvalue weighted by Gasteiger charge is -2.33. The molecule has 3 aliphatic heterocycles. The van der Waals surface area contributed by atoms with Crippen LogP contribution in [-0.4, -0.2) is 212 Å². The molecular weight excluding hydrogens is 1210 g/mol. The molecule has 31 nitrogen and oxygen atoms in total. The van der Waals surface area contributed by atoms with Crippen molar-refractivity contribution in [1.29, 1.82) is 0 Å². The van der Waals surface area contributed by atoms with Crippen molar-refractivity contribution < 1.29 is 97.7 Å². The monoisotopic (exact) mass is 1280 g/mol. The summed E-state index contributed by atoms with van der Waals surface area (Å²) in [5, 5.41) is 108. The quantitative estimate of drug-likeness (QED) is 0.0188. The van der Waals surface area contributed by atoms with Crippen LogP contribution in [0.15, 0.2) is 72.9 Å². The second-order valence-corrected chi connectivity index (χ2v) is 23.2. The number of aliphatic hydroxyl groups is 6. The van der Waals surface area contributed by atoms with E-state index in [2.05, 4.69) is 48.0 Å². The van der Waals surface area contributed by atoms with Crippen molar-refractivity contribution in [1.82, 2.24) is 51.0 Å². The van der Waals surface area contributed by atoms with Crippen molar-refractivity contribution in [3.05, 3.63) is 84.1 Å². The van der Waals surface area contributed by atoms with Crippen molar-refractivity contribution in [2.24, 2.45) is 11.7 Å². The summed E-state index contributed by atoms with van der Waals surface area (Å²) in [4.78, 5) is 120. The molecule has 480 valence electrons. The van der Waals surface area contributed by atoms with Gasteiger partial charge in [0.25, 0.3) is 18.2 Å². The van der Waals surface area contributed by atoms with Crippen LogP contribution in [0.2, 0.25) is 0 Å². The molecule has 0 bridgehead atoms. The summed E-state index contributed by atoms with van der Waals surface area (Å²) >= 11 is 1.41. The van der Waals surface area contributed by atoms with Gasteiger partial charge in [-0.3, -0.25) is 38.4 Å². The fraction of sp³-hybridized carbons (Fsp3) is 0.464. The molecule has 3 aliphatic rings. The number of phenols is 1. The van der Waals surface area contributed by atoms with E-state index in [0.29, 0.717) is 27.8 Å². The first-order valence-electron chi connectivity index (χ1n) is 28.3. The molecule has 13 atom stereocenters. The molecule has 0 aliphatic carbocycles. The van der Waals surface area contributed by atoms with E-state index in [-0.39, 0.29) is 29.2 Å². The number of nitrogens with two attached hydrogens (primary N) is 1. The number of primary amides is 1. The number of unbranched alkanes of at least 4 members (excludes halogenated alkanes) is 1. The number of fused-ring (bicyclic) bond motifs is 3. The Hall–Kier alpha value is -8.09. The van der Waals surface area contributed by atoms with Gasteiger partial charge < -0.3 is 86.8 Å². The van der Waals surface area contributed by atoms with Crippen molar-refractivity contribution in [2.45, 2.75) is 132 Å². The van der Waals surface area contributed by atoms with E-state index in [1.165, 1.54) is 36.5 Å². The Labute approximate surface area is 515 Å². The zero-order chi connectivity index (χ0) is 64.4. The Morgan fingerprint density at radius 3 is 2.19 bits per heavy atom. The van der Waals surface area contributed by atoms with Gasteiger partial charge in [0.1, 0.15) is 47.0 Å². The molecule has 3 fully saturated rings. The van der Waals surface area contributed by atoms with Crippen LogP contribution in [0.25, 0.3) is 26.8 Å². The summed E-state index contributed by atoms with van der Waals surface area (Å²) in [6.45, 7) is 3.56. The molecule has 0 radical (unpaired) electrons. The summed E-state index contributed by atoms with van der Waals surface area (Å²) in [6, 6.07) is 5.44. The van der Waals surface area contributed by atoms with E-state index >= 15 is 0 Å². The topological polar surface area (TPSA) is 458 Å². The molecule has 12 unspecified atom stereocenters. The molecular formula is C56H69N11O20S2. The van der Waals surface area contributed by atoms with E-state index in [4.69, 9.17) is 24.9 Å². The third-order valence-electron chi connectivity index (χ3n) is 15.2. The van der Waals surface area contributed by atoms with Gasteiger partial charge in [-0.1, -0.05) is 59.2 Å². The van der Waals surface area contributed by atoms with Crippen LogP contribution in [0.5, 0.6) is 17.2 Å². The van der Waals surface area contributed by atoms with Gasteiger partial charge in [-0.15, -0.1) is 0 Å². The molecule has 3 aromatic carbocycles. The third kappa shape index (κ3) is 16.4. The maximum absolute atomic E-state index is 14.7. The Balaban J connectivity index is 1.08. The highest BCUT2D eigenvalue weighted by molar-refractivity contribution is 7.90. The number of phenolic OH excluding ortho intramolecular Hbond substituents is 1. The van der Waals surface area contributed by atoms with Crippen LogP contribution in [0.3, 0.4) is 0 Å². The summed E-state index contributed by atoms with van der Waals surface area (Å²) in [6.07, 6.45) is -9.97. The number of hydrogen-bond acceptors (Lipinski definition) is 24. The minimum Gasteiger partial charge on any atom is -0.504 e. The van der Waals surface area contributed by atoms with Crippen molar-refractivity contribution in [2.75, 3.05) is 26.2 Å². The number of nitrogens with one attached hydrogen (secondary N) is 5. The van der Waals surface area contributed by atoms with Gasteiger partial charge in [-0.25, -0.2) is 14.8 Å². The minimum atomic E-state index is -2.22. The number of imidazole rings is 1. The molecule has 15 N–H and O–H groups in total. The number of nitrogens with zero attached hydrogens (tertiary/aromatic N) is 5. The smallest absolute Gasteiger partial charge is 0.261 e. The Kier molecular flexibility index (Phi) is 22.5. The molecule has 5 aromatic rings. The van der Waals surface area contributed by atoms with Crippen molar-refractivity contribution in [3.63, 3.8) is 0 Å². The highest BCUT2D eigenvalue weighted by atomic mass is 32.2. The highest BCUT2D eigenvalue weighted by Gasteiger charge is 2.50. The van der Waals surface area contributed by atoms with Gasteiger partial charge in [0.15, 0.2) is 11.5 Å². The number of benzene rings is 3. The lowest BCUT2D eigenvalue weighted by Crippen LogP contribution is -2.64. The van der Waals surface area contributed by atoms with Crippen LogP contribution >= 0.6 is 23.7 Å². The van der Waals surface area contributed by atoms with Gasteiger partial charge in [0.05, 0.1) is 61.5 Å². The summed E-state index contributed by atoms with van der Waals surface area (Å²) in [5.74, 6) is -10.4. The number of rotatable bonds is 19. The molecule has 33 heteroatoms. The third-order valence-corrected chi connectivity index (χ3v) is 16.5. The van der Waals surface area contributed by atoms with Gasteiger partial charge in [-0.05, 0) is 67.4 Å². The van der Waals surface area contributed by atoms with Crippen molar-refractivity contribution >= 4 is 75.9 Å². The van der Waals surface area contributed by atoms with Crippen LogP contribution in [0.4, 0.5) is 0 Å². The first-order valence-corrected chi connectivity index (χ1v) is 29.7. The van der Waals surface area contributed by atoms with Crippen LogP contribution in [0.1, 0.15) is 68.8 Å². The molecule has 0 spiro atoms. The number of hydrogen-bond donors (Lipinski definition) is 14. The van der Waals surface area contributed by atoms with Crippen molar-refractivity contribution in [3.8, 4) is 39.1 Å². The summed E-state index contributed by atoms with van der Waals surface area (Å²) < 4.78 is 16.7. The highest BCUT2D eigenvalue weighted by Crippen LogP contribution is 2.33. The lowest BCUT2D eigenvalue weighted by molar-refractivity contribution is -0.433. The van der Waals surface area contributed by atoms with E-state index in [0.717, 1.165) is 53.0 Å². The fourth-order valence-corrected chi connectivity index (χ4v) is 11.6. The fourth-order valence-electron chi connectivity index (χ4n) is 10.4. The molecule has 8 rings (SSSR count). The number of carbonyl (C=O) groups is 8. The SMILES string of the molecule is CCCCOc1ccc(-c2nn3cc(-c4ccc(C(=O)N[C@H]5CC(O)CNC(=O)C6C(O)C(C)CN6C(=O)C(C(O)CC(N)=O)NC(=O)C(C(O)Cc6ccc(O)c(OSOOO)c6)NC(=O)C6CC(O)CN6C(=O)C(C(C)O)NC5=O)cc4)nc3s2)cc1. The van der Waals surface area contributed by atoms with Gasteiger partial charge >= 0.3 is 0 Å². The molecule has 8 amide bonds. The Bertz CT molecular complexity index is 3320. The number of aromatic nitrogens is 3. The molecule has 2 aromatic heterocycles. The zero-order valence-electron chi connectivity index (χ0n) is 48.1. The molecule has 3 saturated heterocycles. The largest absolute Gasteiger partial charge is 0.504 e. The maximum atomic E-state index is 14.7. The Morgan fingerprint density at radius 2 is 1.52 bits per heavy atom. The summed E-state index contributed by atoms with van der Waals surface area (Å²) in [7, 11) is 0. The maximum Gasteiger partial charge on any atom is 0.261 e. The second kappa shape index (κ2) is 29.9. The average Bonchev–Trinajstić information content (AvgIpc) is 1.90. The standard InChI is InChI=1S/C56H69N11O20S2/c1-4-5-16-84-34-13-11-31(12-14-34)53-64-67-25-36(60-56(67)88-53)29-7-9-30(10-8-29)48(76)59-35-19-32(69)22-58-52(80)46-47(75)26(2)23-66(46)55(82)45(40(73)21-42(57)74)63-51(79)44(39(72)17-28-6-15-38(71)41(18-28)85-89-87-86-83)62-50(78)37-20-33(70)24-65(37)54(81)43(27(3)68)61-49(35)77/h6-15,18,25-27,32-33,35,37,39-40,43-47,68-73,75,83H,4-5,16-17,19-24H2,1-3H3,(H2,57,74)(H,58,80)(H,59,76)(H,61,77)(H,62,78)(H,63,79)/t26?,27?,32?,33?,35-,37?,39?,40?,43?,44?,45?,46?,47?/m0/s1. The normalized spacial score (nSPS) is 25.1. The minimum absolute atomic E-state index is 0.00359. The number of aromatic hydroxyl groups is 1. The summed E-state index contributed by atoms with van der Waals surface area (Å²) in [5.41, 5.74) is 7.46. The molecule has 0 saturated carbocycles. The number of carbonyl (C=O) groups excluding carboxylic acids is 8. The number of β-amino-alcohol motifs (C(OH)–C–C–N with tert-alkyl or cyclic N) is 1. The predicted octanol–water partition coefficient (Wildman–Crippen LogP) is -1.80. The van der Waals surface area contributed by atoms with E-state index in [1.54, 1.807) is 22.8 Å². The predicted molar refractivity (Wildman–Crippen MR) is 312 cm³/mol. The first kappa shape index (κ1) is 66.9. The first-order chi connectivity index (χ1) is 42.4. The van der Waals surface area contributed by atoms with E-state index < -0.39 is 177 Å². The number of amides is 8. The van der Waals surface area contributed by atoms with E-state index in [9.17, 15) is 74.1 Å². The zero-order valence-corrected chi connectivity index (χ0v) is 49.7. The Morgan fingerprint density at radius 1 is 0.831 bits per heavy atom. The second-order valence-electron chi connectivity index (χ2n) is 21.8. The number of aliphatic hydroxyl groups excluding tert-OH is 6.